The van der Waals surface area contributed by atoms with Crippen LogP contribution in [-0.4, -0.2) is 23.0 Å². The van der Waals surface area contributed by atoms with Crippen molar-refractivity contribution >= 4 is 46.6 Å². The van der Waals surface area contributed by atoms with Gasteiger partial charge in [-0.3, -0.25) is 9.69 Å². The average molecular weight is 329 g/mol. The number of anilines is 1. The Morgan fingerprint density at radius 3 is 2.32 bits per heavy atom. The molecule has 2 aromatic rings. The first-order valence-corrected chi connectivity index (χ1v) is 7.51. The molecule has 2 aromatic carbocycles. The van der Waals surface area contributed by atoms with Crippen LogP contribution < -0.4 is 4.90 Å². The molecule has 1 aliphatic heterocycles. The van der Waals surface area contributed by atoms with Crippen LogP contribution in [0.1, 0.15) is 5.56 Å². The Balaban J connectivity index is 1.99. The second-order valence-corrected chi connectivity index (χ2v) is 5.70. The summed E-state index contributed by atoms with van der Waals surface area (Å²) < 4.78 is 0. The van der Waals surface area contributed by atoms with E-state index in [2.05, 4.69) is 0 Å². The topological polar surface area (TPSA) is 23.6 Å². The van der Waals surface area contributed by atoms with E-state index in [1.54, 1.807) is 24.1 Å². The number of carbonyl (C=O) groups is 1. The minimum Gasteiger partial charge on any atom is -0.317 e. The zero-order valence-corrected chi connectivity index (χ0v) is 13.4. The minimum atomic E-state index is -0.131. The van der Waals surface area contributed by atoms with Crippen LogP contribution in [0, 0.1) is 0 Å². The predicted octanol–water partition coefficient (Wildman–Crippen LogP) is 3.94. The molecule has 0 saturated carbocycles. The number of likely N-dealkylation sites (N-methyl/N-ethyl adjacent to an activating group) is 1. The molecular weight excluding hydrogens is 316 g/mol. The van der Waals surface area contributed by atoms with E-state index < -0.39 is 0 Å². The Hall–Kier alpha value is -2.17. The lowest BCUT2D eigenvalue weighted by Crippen LogP contribution is -2.30. The molecule has 0 aromatic heterocycles. The predicted molar refractivity (Wildman–Crippen MR) is 93.7 cm³/mol. The molecule has 3 rings (SSSR count). The molecule has 0 bridgehead atoms. The van der Waals surface area contributed by atoms with Gasteiger partial charge in [-0.05, 0) is 48.1 Å². The monoisotopic (exact) mass is 328 g/mol. The summed E-state index contributed by atoms with van der Waals surface area (Å²) >= 11 is 11.3. The van der Waals surface area contributed by atoms with Crippen molar-refractivity contribution in [1.82, 2.24) is 4.90 Å². The van der Waals surface area contributed by atoms with Crippen molar-refractivity contribution in [1.29, 1.82) is 0 Å². The van der Waals surface area contributed by atoms with Crippen LogP contribution in [0.2, 0.25) is 5.02 Å². The summed E-state index contributed by atoms with van der Waals surface area (Å²) in [6, 6.07) is 16.7. The highest BCUT2D eigenvalue weighted by molar-refractivity contribution is 7.80. The summed E-state index contributed by atoms with van der Waals surface area (Å²) in [5.41, 5.74) is 2.21. The highest BCUT2D eigenvalue weighted by Gasteiger charge is 2.36. The van der Waals surface area contributed by atoms with Gasteiger partial charge in [-0.1, -0.05) is 41.9 Å². The summed E-state index contributed by atoms with van der Waals surface area (Å²) in [6.45, 7) is 0. The van der Waals surface area contributed by atoms with Gasteiger partial charge in [0.15, 0.2) is 5.11 Å². The van der Waals surface area contributed by atoms with E-state index >= 15 is 0 Å². The molecule has 0 atom stereocenters. The second kappa shape index (κ2) is 5.91. The number of nitrogens with zero attached hydrogens (tertiary/aromatic N) is 2. The van der Waals surface area contributed by atoms with Crippen molar-refractivity contribution in [2.24, 2.45) is 0 Å². The fourth-order valence-corrected chi connectivity index (χ4v) is 2.69. The summed E-state index contributed by atoms with van der Waals surface area (Å²) in [6.07, 6.45) is 1.81. The van der Waals surface area contributed by atoms with Gasteiger partial charge in [0.2, 0.25) is 0 Å². The van der Waals surface area contributed by atoms with Crippen LogP contribution in [0.4, 0.5) is 5.69 Å². The number of halogens is 1. The minimum absolute atomic E-state index is 0.131. The van der Waals surface area contributed by atoms with Crippen LogP contribution >= 0.6 is 23.8 Å². The maximum absolute atomic E-state index is 12.7. The van der Waals surface area contributed by atoms with Crippen LogP contribution in [0.5, 0.6) is 0 Å². The molecule has 0 N–H and O–H groups in total. The average Bonchev–Trinajstić information content (AvgIpc) is 2.74. The summed E-state index contributed by atoms with van der Waals surface area (Å²) in [4.78, 5) is 16.0. The van der Waals surface area contributed by atoms with Gasteiger partial charge in [-0.25, -0.2) is 0 Å². The van der Waals surface area contributed by atoms with Crippen molar-refractivity contribution < 1.29 is 4.79 Å². The quantitative estimate of drug-likeness (QED) is 0.616. The first-order chi connectivity index (χ1) is 10.6. The van der Waals surface area contributed by atoms with Crippen LogP contribution in [0.25, 0.3) is 6.08 Å². The van der Waals surface area contributed by atoms with Gasteiger partial charge in [-0.15, -0.1) is 0 Å². The van der Waals surface area contributed by atoms with E-state index in [0.717, 1.165) is 11.3 Å². The van der Waals surface area contributed by atoms with Gasteiger partial charge >= 0.3 is 0 Å². The number of rotatable bonds is 2. The maximum atomic E-state index is 12.7. The fraction of sp³-hybridized carbons (Fsp3) is 0.0588. The van der Waals surface area contributed by atoms with Crippen molar-refractivity contribution in [3.05, 3.63) is 70.9 Å². The molecule has 1 saturated heterocycles. The molecule has 1 heterocycles. The summed E-state index contributed by atoms with van der Waals surface area (Å²) in [5, 5.41) is 1.13. The molecule has 0 spiro atoms. The van der Waals surface area contributed by atoms with E-state index in [4.69, 9.17) is 23.8 Å². The molecule has 0 aliphatic carbocycles. The summed E-state index contributed by atoms with van der Waals surface area (Å²) in [7, 11) is 1.80. The zero-order valence-electron chi connectivity index (χ0n) is 11.9. The molecule has 0 radical (unpaired) electrons. The third kappa shape index (κ3) is 2.63. The highest BCUT2D eigenvalue weighted by Crippen LogP contribution is 2.27. The summed E-state index contributed by atoms with van der Waals surface area (Å²) in [5.74, 6) is -0.131. The normalized spacial score (nSPS) is 16.7. The molecule has 3 nitrogen and oxygen atoms in total. The largest absolute Gasteiger partial charge is 0.317 e. The standard InChI is InChI=1S/C17H13ClN2OS/c1-19-15(11-12-7-9-13(18)10-8-12)16(21)20(17(19)22)14-5-3-2-4-6-14/h2-11H,1H3/b15-11-. The molecule has 1 amide bonds. The Morgan fingerprint density at radius 2 is 1.68 bits per heavy atom. The van der Waals surface area contributed by atoms with E-state index in [0.29, 0.717) is 15.8 Å². The fourth-order valence-electron chi connectivity index (χ4n) is 2.28. The Morgan fingerprint density at radius 1 is 1.05 bits per heavy atom. The number of hydrogen-bond donors (Lipinski definition) is 0. The van der Waals surface area contributed by atoms with Gasteiger partial charge in [0.05, 0.1) is 5.69 Å². The number of carbonyl (C=O) groups excluding carboxylic acids is 1. The Kier molecular flexibility index (Phi) is 3.96. The van der Waals surface area contributed by atoms with Gasteiger partial charge in [0.25, 0.3) is 5.91 Å². The lowest BCUT2D eigenvalue weighted by molar-refractivity contribution is -0.114. The molecule has 1 fully saturated rings. The highest BCUT2D eigenvalue weighted by atomic mass is 35.5. The third-order valence-electron chi connectivity index (χ3n) is 3.45. The van der Waals surface area contributed by atoms with Crippen LogP contribution in [0.3, 0.4) is 0 Å². The number of benzene rings is 2. The number of thiocarbonyl (C=S) groups is 1. The van der Waals surface area contributed by atoms with Crippen molar-refractivity contribution in [3.8, 4) is 0 Å². The van der Waals surface area contributed by atoms with Crippen LogP contribution in [0.15, 0.2) is 60.3 Å². The van der Waals surface area contributed by atoms with E-state index in [1.165, 1.54) is 4.90 Å². The molecule has 0 unspecified atom stereocenters. The Bertz CT molecular complexity index is 756. The van der Waals surface area contributed by atoms with Crippen molar-refractivity contribution in [3.63, 3.8) is 0 Å². The molecule has 22 heavy (non-hydrogen) atoms. The van der Waals surface area contributed by atoms with E-state index in [1.807, 2.05) is 48.5 Å². The smallest absolute Gasteiger partial charge is 0.281 e. The van der Waals surface area contributed by atoms with E-state index in [-0.39, 0.29) is 5.91 Å². The first-order valence-electron chi connectivity index (χ1n) is 6.72. The van der Waals surface area contributed by atoms with Gasteiger partial charge in [0.1, 0.15) is 5.70 Å². The first kappa shape index (κ1) is 14.8. The lowest BCUT2D eigenvalue weighted by atomic mass is 10.2. The van der Waals surface area contributed by atoms with Crippen molar-refractivity contribution in [2.75, 3.05) is 11.9 Å². The van der Waals surface area contributed by atoms with Crippen molar-refractivity contribution in [2.45, 2.75) is 0 Å². The van der Waals surface area contributed by atoms with Gasteiger partial charge in [-0.2, -0.15) is 0 Å². The molecular formula is C17H13ClN2OS. The SMILES string of the molecule is CN1C(=S)N(c2ccccc2)C(=O)/C1=C/c1ccc(Cl)cc1. The Labute approximate surface area is 139 Å². The number of para-hydroxylation sites is 1. The third-order valence-corrected chi connectivity index (χ3v) is 4.16. The molecule has 110 valence electrons. The lowest BCUT2D eigenvalue weighted by Gasteiger charge is -2.16. The molecule has 5 heteroatoms. The molecule has 1 aliphatic rings. The van der Waals surface area contributed by atoms with Gasteiger partial charge < -0.3 is 4.90 Å². The van der Waals surface area contributed by atoms with Crippen LogP contribution in [-0.2, 0) is 4.79 Å². The number of hydrogen-bond acceptors (Lipinski definition) is 2. The number of amides is 1. The zero-order chi connectivity index (χ0) is 15.7. The van der Waals surface area contributed by atoms with Gasteiger partial charge in [0, 0.05) is 12.1 Å². The van der Waals surface area contributed by atoms with E-state index in [9.17, 15) is 4.79 Å². The maximum Gasteiger partial charge on any atom is 0.281 e. The second-order valence-electron chi connectivity index (χ2n) is 4.90.